The Balaban J connectivity index is 1.85. The van der Waals surface area contributed by atoms with Crippen LogP contribution in [0.3, 0.4) is 0 Å². The maximum Gasteiger partial charge on any atom is 0.343 e. The van der Waals surface area contributed by atoms with Gasteiger partial charge in [0.2, 0.25) is 0 Å². The predicted molar refractivity (Wildman–Crippen MR) is 107 cm³/mol. The highest BCUT2D eigenvalue weighted by Crippen LogP contribution is 2.43. The minimum atomic E-state index is -1.96. The minimum Gasteiger partial charge on any atom is -0.508 e. The van der Waals surface area contributed by atoms with Gasteiger partial charge in [0.05, 0.1) is 34.9 Å². The quantitative estimate of drug-likeness (QED) is 0.543. The molecule has 9 nitrogen and oxygen atoms in total. The third kappa shape index (κ3) is 2.59. The van der Waals surface area contributed by atoms with E-state index in [-0.39, 0.29) is 36.3 Å². The van der Waals surface area contributed by atoms with E-state index in [1.807, 2.05) is 0 Å². The number of nitrogens with zero attached hydrogens (tertiary/aromatic N) is 2. The number of fused-ring (bicyclic) bond motifs is 5. The molecule has 2 atom stereocenters. The molecule has 0 saturated heterocycles. The standard InChI is InChI=1S/C22H18N2O7/c1-2-22(30)14-7-17-19-12(6-10-5-11(25)3-4-15(10)23-19)16(8-18(26)27)24(17)20(28)13(14)9-31-21(22)29/h3-7,16,25,30H,2,8-9H2,1H3,(H,26,27)/t16?,22-/m0/s1. The van der Waals surface area contributed by atoms with Gasteiger partial charge >= 0.3 is 11.9 Å². The van der Waals surface area contributed by atoms with Gasteiger partial charge in [0.1, 0.15) is 12.4 Å². The number of aliphatic carboxylic acids is 1. The molecule has 0 saturated carbocycles. The molecule has 5 rings (SSSR count). The maximum atomic E-state index is 13.4. The molecule has 3 N–H and O–H groups in total. The molecule has 0 bridgehead atoms. The van der Waals surface area contributed by atoms with Crippen molar-refractivity contribution < 1.29 is 29.6 Å². The number of phenolic OH excluding ortho intramolecular Hbond substituents is 1. The number of carboxylic acids is 1. The molecule has 158 valence electrons. The molecule has 0 amide bonds. The highest BCUT2D eigenvalue weighted by Gasteiger charge is 2.46. The van der Waals surface area contributed by atoms with Gasteiger partial charge in [0.25, 0.3) is 5.56 Å². The van der Waals surface area contributed by atoms with Crippen molar-refractivity contribution in [3.63, 3.8) is 0 Å². The SMILES string of the molecule is CC[C@@]1(O)C(=O)OCc2c1cc1n(c2=O)C(CC(=O)O)c2cc3cc(O)ccc3nc2-1. The first kappa shape index (κ1) is 19.3. The van der Waals surface area contributed by atoms with Crippen LogP contribution in [0.5, 0.6) is 5.75 Å². The molecule has 2 aromatic heterocycles. The van der Waals surface area contributed by atoms with Crippen LogP contribution in [0, 0.1) is 0 Å². The van der Waals surface area contributed by atoms with Gasteiger partial charge in [-0.05, 0) is 36.8 Å². The summed E-state index contributed by atoms with van der Waals surface area (Å²) in [5.41, 5.74) is -0.390. The van der Waals surface area contributed by atoms with Crippen molar-refractivity contribution in [3.8, 4) is 17.1 Å². The van der Waals surface area contributed by atoms with E-state index in [0.29, 0.717) is 27.9 Å². The summed E-state index contributed by atoms with van der Waals surface area (Å²) in [6.45, 7) is 1.32. The van der Waals surface area contributed by atoms with Crippen molar-refractivity contribution in [1.29, 1.82) is 0 Å². The number of cyclic esters (lactones) is 1. The van der Waals surface area contributed by atoms with Crippen LogP contribution in [0.1, 0.15) is 42.5 Å². The zero-order valence-electron chi connectivity index (χ0n) is 16.5. The first-order valence-corrected chi connectivity index (χ1v) is 9.79. The Hall–Kier alpha value is -3.72. The number of aromatic hydroxyl groups is 1. The van der Waals surface area contributed by atoms with Crippen LogP contribution in [0.15, 0.2) is 35.1 Å². The Labute approximate surface area is 175 Å². The lowest BCUT2D eigenvalue weighted by Crippen LogP contribution is -2.44. The fourth-order valence-corrected chi connectivity index (χ4v) is 4.51. The van der Waals surface area contributed by atoms with E-state index in [9.17, 15) is 29.7 Å². The predicted octanol–water partition coefficient (Wildman–Crippen LogP) is 1.80. The number of phenols is 1. The number of hydrogen-bond donors (Lipinski definition) is 3. The van der Waals surface area contributed by atoms with Gasteiger partial charge in [0.15, 0.2) is 5.60 Å². The summed E-state index contributed by atoms with van der Waals surface area (Å²) in [5, 5.41) is 30.8. The highest BCUT2D eigenvalue weighted by atomic mass is 16.6. The van der Waals surface area contributed by atoms with Gasteiger partial charge in [-0.15, -0.1) is 0 Å². The zero-order chi connectivity index (χ0) is 22.1. The average Bonchev–Trinajstić information content (AvgIpc) is 3.02. The number of rotatable bonds is 3. The molecule has 4 heterocycles. The Morgan fingerprint density at radius 2 is 2.06 bits per heavy atom. The van der Waals surface area contributed by atoms with Crippen molar-refractivity contribution >= 4 is 22.8 Å². The Morgan fingerprint density at radius 3 is 2.77 bits per heavy atom. The van der Waals surface area contributed by atoms with Crippen LogP contribution in [0.2, 0.25) is 0 Å². The fraction of sp³-hybridized carbons (Fsp3) is 0.273. The number of benzene rings is 1. The largest absolute Gasteiger partial charge is 0.508 e. The van der Waals surface area contributed by atoms with Crippen molar-refractivity contribution in [2.75, 3.05) is 0 Å². The van der Waals surface area contributed by atoms with Crippen LogP contribution in [0.25, 0.3) is 22.3 Å². The summed E-state index contributed by atoms with van der Waals surface area (Å²) in [4.78, 5) is 41.9. The Kier molecular flexibility index (Phi) is 3.97. The zero-order valence-corrected chi connectivity index (χ0v) is 16.5. The van der Waals surface area contributed by atoms with E-state index >= 15 is 0 Å². The lowest BCUT2D eigenvalue weighted by molar-refractivity contribution is -0.172. The summed E-state index contributed by atoms with van der Waals surface area (Å²) < 4.78 is 6.40. The smallest absolute Gasteiger partial charge is 0.343 e. The van der Waals surface area contributed by atoms with E-state index in [2.05, 4.69) is 4.98 Å². The molecule has 2 aliphatic heterocycles. The number of carbonyl (C=O) groups is 2. The molecule has 0 aliphatic carbocycles. The van der Waals surface area contributed by atoms with Crippen molar-refractivity contribution in [2.24, 2.45) is 0 Å². The first-order chi connectivity index (χ1) is 14.7. The van der Waals surface area contributed by atoms with Crippen molar-refractivity contribution in [1.82, 2.24) is 9.55 Å². The van der Waals surface area contributed by atoms with Crippen LogP contribution >= 0.6 is 0 Å². The molecule has 2 aliphatic rings. The topological polar surface area (TPSA) is 139 Å². The summed E-state index contributed by atoms with van der Waals surface area (Å²) in [5.74, 6) is -1.88. The monoisotopic (exact) mass is 422 g/mol. The van der Waals surface area contributed by atoms with Gasteiger partial charge in [-0.3, -0.25) is 14.2 Å². The van der Waals surface area contributed by atoms with E-state index < -0.39 is 29.1 Å². The second kappa shape index (κ2) is 6.39. The summed E-state index contributed by atoms with van der Waals surface area (Å²) in [7, 11) is 0. The molecule has 9 heteroatoms. The molecule has 31 heavy (non-hydrogen) atoms. The minimum absolute atomic E-state index is 0.0115. The third-order valence-electron chi connectivity index (χ3n) is 6.09. The van der Waals surface area contributed by atoms with E-state index in [1.54, 1.807) is 25.1 Å². The summed E-state index contributed by atoms with van der Waals surface area (Å²) >= 11 is 0. The molecule has 0 radical (unpaired) electrons. The lowest BCUT2D eigenvalue weighted by atomic mass is 9.86. The van der Waals surface area contributed by atoms with E-state index in [0.717, 1.165) is 0 Å². The molecule has 3 aromatic rings. The molecular weight excluding hydrogens is 404 g/mol. The van der Waals surface area contributed by atoms with Crippen LogP contribution in [-0.4, -0.2) is 36.8 Å². The number of carbonyl (C=O) groups excluding carboxylic acids is 1. The van der Waals surface area contributed by atoms with Crippen molar-refractivity contribution in [3.05, 3.63) is 57.4 Å². The Morgan fingerprint density at radius 1 is 1.29 bits per heavy atom. The number of carboxylic acid groups (broad SMARTS) is 1. The number of esters is 1. The second-order valence-corrected chi connectivity index (χ2v) is 7.80. The molecule has 1 unspecified atom stereocenters. The highest BCUT2D eigenvalue weighted by molar-refractivity contribution is 5.87. The van der Waals surface area contributed by atoms with E-state index in [1.165, 1.54) is 16.7 Å². The van der Waals surface area contributed by atoms with Gasteiger partial charge in [-0.1, -0.05) is 6.92 Å². The molecule has 1 aromatic carbocycles. The van der Waals surface area contributed by atoms with Gasteiger partial charge in [0, 0.05) is 16.5 Å². The number of hydrogen-bond acceptors (Lipinski definition) is 7. The van der Waals surface area contributed by atoms with Crippen LogP contribution in [0.4, 0.5) is 0 Å². The fourth-order valence-electron chi connectivity index (χ4n) is 4.51. The van der Waals surface area contributed by atoms with Gasteiger partial charge < -0.3 is 20.1 Å². The molecule has 0 spiro atoms. The summed E-state index contributed by atoms with van der Waals surface area (Å²) in [6, 6.07) is 7.05. The van der Waals surface area contributed by atoms with Gasteiger partial charge in [-0.25, -0.2) is 9.78 Å². The number of aliphatic hydroxyl groups is 1. The number of pyridine rings is 2. The van der Waals surface area contributed by atoms with Crippen molar-refractivity contribution in [2.45, 2.75) is 38.0 Å². The van der Waals surface area contributed by atoms with Crippen LogP contribution < -0.4 is 5.56 Å². The maximum absolute atomic E-state index is 13.4. The summed E-state index contributed by atoms with van der Waals surface area (Å²) in [6.07, 6.45) is -0.347. The molecular formula is C22H18N2O7. The first-order valence-electron chi connectivity index (χ1n) is 9.79. The normalized spacial score (nSPS) is 21.4. The lowest BCUT2D eigenvalue weighted by Gasteiger charge is -2.32. The van der Waals surface area contributed by atoms with E-state index in [4.69, 9.17) is 4.74 Å². The van der Waals surface area contributed by atoms with Crippen LogP contribution in [-0.2, 0) is 26.5 Å². The molecule has 0 fully saturated rings. The second-order valence-electron chi connectivity index (χ2n) is 7.80. The van der Waals surface area contributed by atoms with Gasteiger partial charge in [-0.2, -0.15) is 0 Å². The third-order valence-corrected chi connectivity index (χ3v) is 6.09. The number of aromatic nitrogens is 2. The Bertz CT molecular complexity index is 1360. The average molecular weight is 422 g/mol. The number of ether oxygens (including phenoxy) is 1.